The SMILES string of the molecule is CCNC(c1ccccc1)C(OCC)C(C)C. The summed E-state index contributed by atoms with van der Waals surface area (Å²) in [5.41, 5.74) is 1.31. The number of rotatable bonds is 7. The molecule has 2 unspecified atom stereocenters. The third-order valence-electron chi connectivity index (χ3n) is 2.93. The minimum absolute atomic E-state index is 0.224. The average Bonchev–Trinajstić information content (AvgIpc) is 2.34. The van der Waals surface area contributed by atoms with Gasteiger partial charge in [0.15, 0.2) is 0 Å². The maximum Gasteiger partial charge on any atom is 0.0792 e. The highest BCUT2D eigenvalue weighted by Gasteiger charge is 2.25. The monoisotopic (exact) mass is 235 g/mol. The van der Waals surface area contributed by atoms with E-state index in [9.17, 15) is 0 Å². The highest BCUT2D eigenvalue weighted by molar-refractivity contribution is 5.20. The van der Waals surface area contributed by atoms with Gasteiger partial charge in [0, 0.05) is 6.61 Å². The molecule has 0 heterocycles. The molecular formula is C15H25NO. The molecule has 1 aromatic rings. The van der Waals surface area contributed by atoms with Crippen LogP contribution in [0.4, 0.5) is 0 Å². The molecule has 0 aliphatic rings. The molecule has 0 fully saturated rings. The van der Waals surface area contributed by atoms with Gasteiger partial charge in [0.25, 0.3) is 0 Å². The van der Waals surface area contributed by atoms with E-state index >= 15 is 0 Å². The Balaban J connectivity index is 2.89. The average molecular weight is 235 g/mol. The number of likely N-dealkylation sites (N-methyl/N-ethyl adjacent to an activating group) is 1. The quantitative estimate of drug-likeness (QED) is 0.782. The van der Waals surface area contributed by atoms with Crippen LogP contribution in [-0.4, -0.2) is 19.3 Å². The van der Waals surface area contributed by atoms with E-state index in [1.165, 1.54) is 5.56 Å². The smallest absolute Gasteiger partial charge is 0.0792 e. The molecule has 1 N–H and O–H groups in total. The van der Waals surface area contributed by atoms with Crippen LogP contribution >= 0.6 is 0 Å². The lowest BCUT2D eigenvalue weighted by molar-refractivity contribution is 0.00318. The van der Waals surface area contributed by atoms with Crippen LogP contribution in [0.25, 0.3) is 0 Å². The van der Waals surface area contributed by atoms with E-state index in [0.29, 0.717) is 5.92 Å². The zero-order valence-electron chi connectivity index (χ0n) is 11.4. The van der Waals surface area contributed by atoms with Crippen molar-refractivity contribution in [3.63, 3.8) is 0 Å². The summed E-state index contributed by atoms with van der Waals surface area (Å²) in [6.45, 7) is 10.3. The lowest BCUT2D eigenvalue weighted by atomic mass is 9.93. The molecule has 2 nitrogen and oxygen atoms in total. The standard InChI is InChI=1S/C15H25NO/c1-5-16-14(13-10-8-7-9-11-13)15(12(3)4)17-6-2/h7-12,14-16H,5-6H2,1-4H3. The summed E-state index contributed by atoms with van der Waals surface area (Å²) in [5, 5.41) is 3.54. The van der Waals surface area contributed by atoms with Crippen molar-refractivity contribution >= 4 is 0 Å². The first-order valence-corrected chi connectivity index (χ1v) is 6.60. The van der Waals surface area contributed by atoms with Crippen LogP contribution in [0.1, 0.15) is 39.3 Å². The molecule has 1 aromatic carbocycles. The summed E-state index contributed by atoms with van der Waals surface area (Å²) >= 11 is 0. The highest BCUT2D eigenvalue weighted by atomic mass is 16.5. The predicted octanol–water partition coefficient (Wildman–Crippen LogP) is 3.40. The summed E-state index contributed by atoms with van der Waals surface area (Å²) < 4.78 is 5.91. The Kier molecular flexibility index (Phi) is 6.23. The molecule has 17 heavy (non-hydrogen) atoms. The van der Waals surface area contributed by atoms with Crippen LogP contribution in [0.2, 0.25) is 0 Å². The third kappa shape index (κ3) is 4.14. The van der Waals surface area contributed by atoms with Gasteiger partial charge in [-0.2, -0.15) is 0 Å². The van der Waals surface area contributed by atoms with E-state index in [-0.39, 0.29) is 12.1 Å². The lowest BCUT2D eigenvalue weighted by Gasteiger charge is -2.31. The van der Waals surface area contributed by atoms with Crippen LogP contribution < -0.4 is 5.32 Å². The zero-order valence-corrected chi connectivity index (χ0v) is 11.4. The van der Waals surface area contributed by atoms with Crippen LogP contribution in [0.5, 0.6) is 0 Å². The molecule has 2 atom stereocenters. The van der Waals surface area contributed by atoms with Gasteiger partial charge in [0.1, 0.15) is 0 Å². The van der Waals surface area contributed by atoms with Crippen molar-refractivity contribution in [2.75, 3.05) is 13.2 Å². The molecule has 0 saturated heterocycles. The number of benzene rings is 1. The largest absolute Gasteiger partial charge is 0.376 e. The molecule has 0 spiro atoms. The van der Waals surface area contributed by atoms with Crippen LogP contribution in [0.3, 0.4) is 0 Å². The second-order valence-electron chi connectivity index (χ2n) is 4.61. The maximum absolute atomic E-state index is 5.91. The maximum atomic E-state index is 5.91. The van der Waals surface area contributed by atoms with Crippen LogP contribution in [-0.2, 0) is 4.74 Å². The molecule has 0 amide bonds. The molecule has 0 bridgehead atoms. The van der Waals surface area contributed by atoms with Crippen molar-refractivity contribution in [2.24, 2.45) is 5.92 Å². The van der Waals surface area contributed by atoms with Crippen molar-refractivity contribution in [3.05, 3.63) is 35.9 Å². The summed E-state index contributed by atoms with van der Waals surface area (Å²) in [5.74, 6) is 0.499. The molecular weight excluding hydrogens is 210 g/mol. The molecule has 0 saturated carbocycles. The minimum Gasteiger partial charge on any atom is -0.376 e. The molecule has 0 radical (unpaired) electrons. The number of hydrogen-bond donors (Lipinski definition) is 1. The molecule has 96 valence electrons. The Morgan fingerprint density at radius 3 is 2.24 bits per heavy atom. The van der Waals surface area contributed by atoms with Gasteiger partial charge < -0.3 is 10.1 Å². The Bertz CT molecular complexity index is 297. The Hall–Kier alpha value is -0.860. The lowest BCUT2D eigenvalue weighted by Crippen LogP contribution is -2.37. The van der Waals surface area contributed by atoms with Gasteiger partial charge in [-0.25, -0.2) is 0 Å². The number of ether oxygens (including phenoxy) is 1. The Morgan fingerprint density at radius 2 is 1.76 bits per heavy atom. The van der Waals surface area contributed by atoms with Gasteiger partial charge in [-0.3, -0.25) is 0 Å². The fourth-order valence-electron chi connectivity index (χ4n) is 2.17. The molecule has 0 aromatic heterocycles. The van der Waals surface area contributed by atoms with E-state index in [1.807, 2.05) is 0 Å². The summed E-state index contributed by atoms with van der Waals surface area (Å²) in [7, 11) is 0. The van der Waals surface area contributed by atoms with Crippen LogP contribution in [0, 0.1) is 5.92 Å². The van der Waals surface area contributed by atoms with Gasteiger partial charge in [0.05, 0.1) is 12.1 Å². The van der Waals surface area contributed by atoms with E-state index in [1.54, 1.807) is 0 Å². The van der Waals surface area contributed by atoms with Crippen LogP contribution in [0.15, 0.2) is 30.3 Å². The first-order chi connectivity index (χ1) is 8.20. The van der Waals surface area contributed by atoms with Gasteiger partial charge in [-0.05, 0) is 24.9 Å². The van der Waals surface area contributed by atoms with Gasteiger partial charge in [-0.1, -0.05) is 51.1 Å². The van der Waals surface area contributed by atoms with Crippen molar-refractivity contribution in [3.8, 4) is 0 Å². The second kappa shape index (κ2) is 7.46. The number of hydrogen-bond acceptors (Lipinski definition) is 2. The zero-order chi connectivity index (χ0) is 12.7. The molecule has 0 aliphatic heterocycles. The molecule has 0 aliphatic carbocycles. The third-order valence-corrected chi connectivity index (χ3v) is 2.93. The predicted molar refractivity (Wildman–Crippen MR) is 73.1 cm³/mol. The highest BCUT2D eigenvalue weighted by Crippen LogP contribution is 2.24. The van der Waals surface area contributed by atoms with E-state index in [2.05, 4.69) is 63.3 Å². The van der Waals surface area contributed by atoms with Gasteiger partial charge >= 0.3 is 0 Å². The molecule has 1 rings (SSSR count). The topological polar surface area (TPSA) is 21.3 Å². The number of nitrogens with one attached hydrogen (secondary N) is 1. The Morgan fingerprint density at radius 1 is 1.12 bits per heavy atom. The Labute approximate surface area is 105 Å². The minimum atomic E-state index is 0.224. The first kappa shape index (κ1) is 14.2. The van der Waals surface area contributed by atoms with Crippen molar-refractivity contribution in [1.29, 1.82) is 0 Å². The second-order valence-corrected chi connectivity index (χ2v) is 4.61. The van der Waals surface area contributed by atoms with E-state index in [4.69, 9.17) is 4.74 Å². The fraction of sp³-hybridized carbons (Fsp3) is 0.600. The van der Waals surface area contributed by atoms with Crippen molar-refractivity contribution in [1.82, 2.24) is 5.32 Å². The van der Waals surface area contributed by atoms with Crippen molar-refractivity contribution in [2.45, 2.75) is 39.8 Å². The summed E-state index contributed by atoms with van der Waals surface area (Å²) in [4.78, 5) is 0. The van der Waals surface area contributed by atoms with Crippen molar-refractivity contribution < 1.29 is 4.74 Å². The molecule has 2 heteroatoms. The summed E-state index contributed by atoms with van der Waals surface area (Å²) in [6, 6.07) is 10.8. The van der Waals surface area contributed by atoms with Gasteiger partial charge in [-0.15, -0.1) is 0 Å². The fourth-order valence-corrected chi connectivity index (χ4v) is 2.17. The van der Waals surface area contributed by atoms with Gasteiger partial charge in [0.2, 0.25) is 0 Å². The van der Waals surface area contributed by atoms with E-state index in [0.717, 1.165) is 13.2 Å². The van der Waals surface area contributed by atoms with E-state index < -0.39 is 0 Å². The summed E-state index contributed by atoms with van der Waals surface area (Å²) in [6.07, 6.45) is 0.224. The first-order valence-electron chi connectivity index (χ1n) is 6.60. The normalized spacial score (nSPS) is 14.9.